The van der Waals surface area contributed by atoms with Gasteiger partial charge in [0.05, 0.1) is 25.3 Å². The van der Waals surface area contributed by atoms with Gasteiger partial charge in [0.25, 0.3) is 5.91 Å². The molecule has 0 bridgehead atoms. The van der Waals surface area contributed by atoms with Crippen LogP contribution in [0.4, 0.5) is 4.39 Å². The molecule has 0 saturated carbocycles. The molecule has 0 spiro atoms. The molecular weight excluding hydrogens is 367 g/mol. The first-order valence-electron chi connectivity index (χ1n) is 9.28. The van der Waals surface area contributed by atoms with Gasteiger partial charge >= 0.3 is 5.97 Å². The van der Waals surface area contributed by atoms with E-state index in [1.54, 1.807) is 24.0 Å². The largest absolute Gasteiger partial charge is 0.466 e. The molecule has 0 radical (unpaired) electrons. The molecule has 0 aliphatic carbocycles. The Hall–Kier alpha value is -2.81. The number of nitrogens with zero attached hydrogens (tertiary/aromatic N) is 4. The summed E-state index contributed by atoms with van der Waals surface area (Å²) in [6, 6.07) is 5.94. The molecule has 1 saturated heterocycles. The van der Waals surface area contributed by atoms with Crippen LogP contribution in [0.5, 0.6) is 0 Å². The number of hydrogen-bond acceptors (Lipinski definition) is 6. The summed E-state index contributed by atoms with van der Waals surface area (Å²) in [6.45, 7) is 2.83. The topological polar surface area (TPSA) is 97.5 Å². The molecule has 9 heteroatoms. The molecule has 1 amide bonds. The maximum absolute atomic E-state index is 13.8. The molecule has 1 aliphatic rings. The minimum Gasteiger partial charge on any atom is -0.466 e. The van der Waals surface area contributed by atoms with Crippen molar-refractivity contribution >= 4 is 11.9 Å². The molecule has 150 valence electrons. The Bertz CT molecular complexity index is 841. The lowest BCUT2D eigenvalue weighted by Gasteiger charge is -2.30. The molecule has 28 heavy (non-hydrogen) atoms. The second-order valence-corrected chi connectivity index (χ2v) is 6.71. The van der Waals surface area contributed by atoms with Crippen molar-refractivity contribution in [1.29, 1.82) is 0 Å². The fourth-order valence-electron chi connectivity index (χ4n) is 3.28. The lowest BCUT2D eigenvalue weighted by Crippen LogP contribution is -2.43. The SMILES string of the molecule is CCOC(=O)[C@@H]1CCCN(C(=O)c2cn(C[C@H](O)c3ccccc3F)nn2)C1. The highest BCUT2D eigenvalue weighted by Gasteiger charge is 2.31. The summed E-state index contributed by atoms with van der Waals surface area (Å²) in [7, 11) is 0. The summed E-state index contributed by atoms with van der Waals surface area (Å²) in [6.07, 6.45) is 1.69. The predicted molar refractivity (Wildman–Crippen MR) is 96.6 cm³/mol. The third-order valence-corrected chi connectivity index (χ3v) is 4.71. The van der Waals surface area contributed by atoms with Crippen LogP contribution in [0.15, 0.2) is 30.5 Å². The fraction of sp³-hybridized carbons (Fsp3) is 0.474. The van der Waals surface area contributed by atoms with Gasteiger partial charge in [-0.2, -0.15) is 0 Å². The molecule has 2 heterocycles. The number of rotatable bonds is 6. The number of amides is 1. The first-order valence-corrected chi connectivity index (χ1v) is 9.28. The number of carbonyl (C=O) groups is 2. The van der Waals surface area contributed by atoms with Crippen molar-refractivity contribution in [3.8, 4) is 0 Å². The van der Waals surface area contributed by atoms with Crippen LogP contribution in [-0.2, 0) is 16.1 Å². The summed E-state index contributed by atoms with van der Waals surface area (Å²) < 4.78 is 20.1. The number of carbonyl (C=O) groups excluding carboxylic acids is 2. The highest BCUT2D eigenvalue weighted by molar-refractivity contribution is 5.92. The maximum atomic E-state index is 13.8. The monoisotopic (exact) mass is 390 g/mol. The minimum atomic E-state index is -1.12. The predicted octanol–water partition coefficient (Wildman–Crippen LogP) is 1.57. The normalized spacial score (nSPS) is 18.0. The van der Waals surface area contributed by atoms with E-state index in [2.05, 4.69) is 10.3 Å². The van der Waals surface area contributed by atoms with Gasteiger partial charge in [0.15, 0.2) is 5.69 Å². The zero-order valence-corrected chi connectivity index (χ0v) is 15.6. The third kappa shape index (κ3) is 4.53. The third-order valence-electron chi connectivity index (χ3n) is 4.71. The van der Waals surface area contributed by atoms with E-state index in [9.17, 15) is 19.1 Å². The zero-order chi connectivity index (χ0) is 20.1. The number of piperidine rings is 1. The average molecular weight is 390 g/mol. The van der Waals surface area contributed by atoms with Crippen molar-refractivity contribution in [2.24, 2.45) is 5.92 Å². The molecule has 8 nitrogen and oxygen atoms in total. The van der Waals surface area contributed by atoms with Crippen LogP contribution >= 0.6 is 0 Å². The van der Waals surface area contributed by atoms with E-state index in [4.69, 9.17) is 4.74 Å². The van der Waals surface area contributed by atoms with Crippen LogP contribution < -0.4 is 0 Å². The van der Waals surface area contributed by atoms with Crippen molar-refractivity contribution in [2.45, 2.75) is 32.4 Å². The fourth-order valence-corrected chi connectivity index (χ4v) is 3.28. The number of aromatic nitrogens is 3. The molecule has 2 atom stereocenters. The number of ether oxygens (including phenoxy) is 1. The number of benzene rings is 1. The van der Waals surface area contributed by atoms with Gasteiger partial charge in [-0.3, -0.25) is 9.59 Å². The average Bonchev–Trinajstić information content (AvgIpc) is 3.16. The Morgan fingerprint density at radius 1 is 1.39 bits per heavy atom. The van der Waals surface area contributed by atoms with Crippen LogP contribution in [0.2, 0.25) is 0 Å². The number of esters is 1. The molecule has 1 N–H and O–H groups in total. The molecule has 1 aromatic carbocycles. The second kappa shape index (κ2) is 8.92. The lowest BCUT2D eigenvalue weighted by atomic mass is 9.98. The van der Waals surface area contributed by atoms with E-state index in [-0.39, 0.29) is 42.1 Å². The molecule has 0 unspecified atom stereocenters. The van der Waals surface area contributed by atoms with Gasteiger partial charge in [0.2, 0.25) is 0 Å². The first-order chi connectivity index (χ1) is 13.5. The molecule has 2 aromatic rings. The van der Waals surface area contributed by atoms with Crippen molar-refractivity contribution in [1.82, 2.24) is 19.9 Å². The smallest absolute Gasteiger partial charge is 0.310 e. The number of aliphatic hydroxyl groups is 1. The van der Waals surface area contributed by atoms with Crippen LogP contribution in [0.3, 0.4) is 0 Å². The number of likely N-dealkylation sites (tertiary alicyclic amines) is 1. The Morgan fingerprint density at radius 3 is 2.93 bits per heavy atom. The highest BCUT2D eigenvalue weighted by atomic mass is 19.1. The standard InChI is InChI=1S/C19H23FN4O4/c1-2-28-19(27)13-6-5-9-23(10-13)18(26)16-11-24(22-21-16)12-17(25)14-7-3-4-8-15(14)20/h3-4,7-8,11,13,17,25H,2,5-6,9-10,12H2,1H3/t13-,17+/m1/s1. The maximum Gasteiger partial charge on any atom is 0.310 e. The molecular formula is C19H23FN4O4. The summed E-state index contributed by atoms with van der Waals surface area (Å²) >= 11 is 0. The zero-order valence-electron chi connectivity index (χ0n) is 15.6. The van der Waals surface area contributed by atoms with Crippen LogP contribution in [0.25, 0.3) is 0 Å². The Morgan fingerprint density at radius 2 is 2.18 bits per heavy atom. The Balaban J connectivity index is 1.64. The minimum absolute atomic E-state index is 0.0351. The van der Waals surface area contributed by atoms with Gasteiger partial charge in [0.1, 0.15) is 11.9 Å². The lowest BCUT2D eigenvalue weighted by molar-refractivity contribution is -0.149. The van der Waals surface area contributed by atoms with E-state index < -0.39 is 11.9 Å². The summed E-state index contributed by atoms with van der Waals surface area (Å²) in [5.41, 5.74) is 0.268. The number of halogens is 1. The van der Waals surface area contributed by atoms with Crippen molar-refractivity contribution in [3.63, 3.8) is 0 Å². The quantitative estimate of drug-likeness (QED) is 0.752. The van der Waals surface area contributed by atoms with E-state index in [1.165, 1.54) is 23.0 Å². The van der Waals surface area contributed by atoms with Crippen molar-refractivity contribution in [3.05, 3.63) is 47.5 Å². The van der Waals surface area contributed by atoms with Crippen molar-refractivity contribution < 1.29 is 23.8 Å². The van der Waals surface area contributed by atoms with E-state index in [0.717, 1.165) is 0 Å². The van der Waals surface area contributed by atoms with Gasteiger partial charge in [-0.15, -0.1) is 5.10 Å². The molecule has 1 aliphatic heterocycles. The number of hydrogen-bond donors (Lipinski definition) is 1. The Kier molecular flexibility index (Phi) is 6.35. The van der Waals surface area contributed by atoms with Gasteiger partial charge in [-0.1, -0.05) is 23.4 Å². The Labute approximate surface area is 161 Å². The molecule has 3 rings (SSSR count). The van der Waals surface area contributed by atoms with E-state index in [1.807, 2.05) is 0 Å². The van der Waals surface area contributed by atoms with E-state index >= 15 is 0 Å². The molecule has 1 fully saturated rings. The summed E-state index contributed by atoms with van der Waals surface area (Å²) in [4.78, 5) is 26.2. The summed E-state index contributed by atoms with van der Waals surface area (Å²) in [5, 5.41) is 17.9. The molecule has 1 aromatic heterocycles. The van der Waals surface area contributed by atoms with Gasteiger partial charge in [0, 0.05) is 18.7 Å². The van der Waals surface area contributed by atoms with Crippen molar-refractivity contribution in [2.75, 3.05) is 19.7 Å². The van der Waals surface area contributed by atoms with Crippen LogP contribution in [-0.4, -0.2) is 56.6 Å². The van der Waals surface area contributed by atoms with Gasteiger partial charge in [-0.05, 0) is 25.8 Å². The van der Waals surface area contributed by atoms with Crippen LogP contribution in [0, 0.1) is 11.7 Å². The van der Waals surface area contributed by atoms with E-state index in [0.29, 0.717) is 26.0 Å². The number of aliphatic hydroxyl groups excluding tert-OH is 1. The van der Waals surface area contributed by atoms with Crippen LogP contribution in [0.1, 0.15) is 41.9 Å². The highest BCUT2D eigenvalue weighted by Crippen LogP contribution is 2.20. The first kappa shape index (κ1) is 19.9. The van der Waals surface area contributed by atoms with Gasteiger partial charge in [-0.25, -0.2) is 9.07 Å². The second-order valence-electron chi connectivity index (χ2n) is 6.71. The van der Waals surface area contributed by atoms with Gasteiger partial charge < -0.3 is 14.7 Å². The summed E-state index contributed by atoms with van der Waals surface area (Å²) in [5.74, 6) is -1.47.